The first kappa shape index (κ1) is 30.9. The normalized spacial score (nSPS) is 33.7. The van der Waals surface area contributed by atoms with Crippen LogP contribution in [0.15, 0.2) is 42.5 Å². The first-order valence-electron chi connectivity index (χ1n) is 13.3. The summed E-state index contributed by atoms with van der Waals surface area (Å²) in [4.78, 5) is 12.4. The fourth-order valence-corrected chi connectivity index (χ4v) is 4.67. The maximum Gasteiger partial charge on any atom is 0.330 e. The van der Waals surface area contributed by atoms with E-state index in [9.17, 15) is 45.6 Å². The highest BCUT2D eigenvalue weighted by molar-refractivity contribution is 5.87. The number of phenols is 4. The van der Waals surface area contributed by atoms with Gasteiger partial charge in [-0.25, -0.2) is 4.79 Å². The van der Waals surface area contributed by atoms with Gasteiger partial charge in [-0.1, -0.05) is 12.1 Å². The first-order chi connectivity index (χ1) is 20.5. The van der Waals surface area contributed by atoms with Crippen molar-refractivity contribution >= 4 is 12.0 Å². The van der Waals surface area contributed by atoms with E-state index in [2.05, 4.69) is 0 Å². The molecule has 3 heterocycles. The van der Waals surface area contributed by atoms with Gasteiger partial charge < -0.3 is 69.3 Å². The van der Waals surface area contributed by atoms with Gasteiger partial charge in [0.15, 0.2) is 41.9 Å². The Kier molecular flexibility index (Phi) is 9.36. The molecule has 10 unspecified atom stereocenters. The van der Waals surface area contributed by atoms with Gasteiger partial charge in [-0.15, -0.1) is 0 Å². The van der Waals surface area contributed by atoms with Crippen LogP contribution in [0.2, 0.25) is 0 Å². The van der Waals surface area contributed by atoms with Gasteiger partial charge in [-0.3, -0.25) is 0 Å². The Labute approximate surface area is 244 Å². The monoisotopic (exact) mass is 608 g/mol. The van der Waals surface area contributed by atoms with E-state index >= 15 is 0 Å². The summed E-state index contributed by atoms with van der Waals surface area (Å²) in [6.07, 6.45) is -10.8. The van der Waals surface area contributed by atoms with Gasteiger partial charge in [0.25, 0.3) is 0 Å². The topological polar surface area (TPSA) is 238 Å². The molecule has 15 heteroatoms. The quantitative estimate of drug-likeness (QED) is 0.0696. The molecular weight excluding hydrogens is 576 g/mol. The lowest BCUT2D eigenvalue weighted by Gasteiger charge is -2.43. The molecule has 0 bridgehead atoms. The fourth-order valence-electron chi connectivity index (χ4n) is 4.67. The third kappa shape index (κ3) is 7.18. The molecule has 15 nitrogen and oxygen atoms in total. The Hall–Kier alpha value is -3.51. The van der Waals surface area contributed by atoms with Gasteiger partial charge in [-0.05, 0) is 47.9 Å². The van der Waals surface area contributed by atoms with Crippen LogP contribution in [-0.4, -0.2) is 122 Å². The highest BCUT2D eigenvalue weighted by atomic mass is 16.8. The molecule has 3 aliphatic heterocycles. The van der Waals surface area contributed by atoms with Crippen LogP contribution in [0.25, 0.3) is 6.08 Å². The molecule has 3 saturated heterocycles. The van der Waals surface area contributed by atoms with Crippen molar-refractivity contribution in [3.05, 3.63) is 53.6 Å². The Bertz CT molecular complexity index is 1320. The summed E-state index contributed by atoms with van der Waals surface area (Å²) < 4.78 is 32.8. The van der Waals surface area contributed by atoms with E-state index in [0.717, 1.165) is 6.08 Å². The number of aromatic hydroxyl groups is 4. The summed E-state index contributed by atoms with van der Waals surface area (Å²) in [5, 5.41) is 80.8. The van der Waals surface area contributed by atoms with Gasteiger partial charge in [0, 0.05) is 6.08 Å². The van der Waals surface area contributed by atoms with Gasteiger partial charge in [0.1, 0.15) is 49.3 Å². The van der Waals surface area contributed by atoms with Gasteiger partial charge in [-0.2, -0.15) is 0 Å². The van der Waals surface area contributed by atoms with E-state index in [1.165, 1.54) is 36.4 Å². The number of phenolic OH excluding ortho intramolecular Hbond substituents is 4. The summed E-state index contributed by atoms with van der Waals surface area (Å²) in [5.41, 5.74) is 0.989. The lowest BCUT2D eigenvalue weighted by atomic mass is 9.98. The van der Waals surface area contributed by atoms with Crippen LogP contribution in [-0.2, 0) is 39.6 Å². The number of aliphatic hydroxyl groups is 4. The first-order valence-corrected chi connectivity index (χ1v) is 13.3. The second kappa shape index (κ2) is 13.0. The van der Waals surface area contributed by atoms with E-state index in [1.54, 1.807) is 6.07 Å². The molecule has 0 radical (unpaired) electrons. The molecular formula is C28H32O15. The summed E-state index contributed by atoms with van der Waals surface area (Å²) in [5.74, 6) is -2.17. The zero-order valence-electron chi connectivity index (χ0n) is 22.4. The fraction of sp³-hybridized carbons (Fsp3) is 0.464. The van der Waals surface area contributed by atoms with Crippen molar-refractivity contribution in [3.63, 3.8) is 0 Å². The number of esters is 1. The minimum absolute atomic E-state index is 0.0532. The molecule has 3 fully saturated rings. The number of hydrogen-bond acceptors (Lipinski definition) is 15. The molecule has 0 aromatic heterocycles. The maximum atomic E-state index is 12.4. The van der Waals surface area contributed by atoms with E-state index in [0.29, 0.717) is 11.1 Å². The molecule has 43 heavy (non-hydrogen) atoms. The number of epoxide rings is 1. The predicted molar refractivity (Wildman–Crippen MR) is 140 cm³/mol. The lowest BCUT2D eigenvalue weighted by Crippen LogP contribution is -2.62. The molecule has 234 valence electrons. The molecule has 0 saturated carbocycles. The van der Waals surface area contributed by atoms with Crippen LogP contribution in [0.1, 0.15) is 11.1 Å². The SMILES string of the molecule is O=C(/C=C/c1ccc(O)c(O)c1)OCC1OC(OCCc2ccc(O)c(O)c2)C(O)C(OC2OC3OC3C(O)C2O)C1O. The van der Waals surface area contributed by atoms with Crippen molar-refractivity contribution in [2.24, 2.45) is 0 Å². The molecule has 0 aliphatic carbocycles. The van der Waals surface area contributed by atoms with Crippen LogP contribution in [0.3, 0.4) is 0 Å². The Morgan fingerprint density at radius 3 is 2.23 bits per heavy atom. The van der Waals surface area contributed by atoms with Gasteiger partial charge in [0.2, 0.25) is 0 Å². The zero-order chi connectivity index (χ0) is 30.8. The average Bonchev–Trinajstić information content (AvgIpc) is 3.76. The molecule has 10 atom stereocenters. The molecule has 3 aliphatic rings. The molecule has 0 amide bonds. The molecule has 5 rings (SSSR count). The Morgan fingerprint density at radius 2 is 1.51 bits per heavy atom. The minimum atomic E-state index is -1.64. The number of rotatable bonds is 10. The standard InChI is InChI=1S/C28H32O15/c29-14-4-1-12(9-16(14)31)3-6-19(33)39-11-18-20(34)24(41-27-22(36)21(35)25-28(42-25)43-27)23(37)26(40-18)38-8-7-13-2-5-15(30)17(32)10-13/h1-6,9-10,18,20-32,34-37H,7-8,11H2/b6-3+. The third-order valence-electron chi connectivity index (χ3n) is 7.16. The van der Waals surface area contributed by atoms with Crippen LogP contribution < -0.4 is 0 Å². The largest absolute Gasteiger partial charge is 0.504 e. The van der Waals surface area contributed by atoms with Crippen molar-refractivity contribution in [1.82, 2.24) is 0 Å². The second-order valence-electron chi connectivity index (χ2n) is 10.2. The van der Waals surface area contributed by atoms with Crippen molar-refractivity contribution in [1.29, 1.82) is 0 Å². The van der Waals surface area contributed by atoms with Crippen LogP contribution in [0, 0.1) is 0 Å². The molecule has 0 spiro atoms. The molecule has 8 N–H and O–H groups in total. The predicted octanol–water partition coefficient (Wildman–Crippen LogP) is -1.04. The number of ether oxygens (including phenoxy) is 6. The van der Waals surface area contributed by atoms with Crippen molar-refractivity contribution < 1.29 is 74.1 Å². The molecule has 2 aromatic carbocycles. The Morgan fingerprint density at radius 1 is 0.791 bits per heavy atom. The summed E-state index contributed by atoms with van der Waals surface area (Å²) in [7, 11) is 0. The second-order valence-corrected chi connectivity index (χ2v) is 10.2. The van der Waals surface area contributed by atoms with Crippen LogP contribution in [0.5, 0.6) is 23.0 Å². The number of aliphatic hydroxyl groups excluding tert-OH is 4. The third-order valence-corrected chi connectivity index (χ3v) is 7.16. The van der Waals surface area contributed by atoms with Crippen LogP contribution >= 0.6 is 0 Å². The van der Waals surface area contributed by atoms with E-state index in [1.807, 2.05) is 0 Å². The lowest BCUT2D eigenvalue weighted by molar-refractivity contribution is -0.344. The number of carbonyl (C=O) groups is 1. The summed E-state index contributed by atoms with van der Waals surface area (Å²) in [6.45, 7) is -0.573. The average molecular weight is 609 g/mol. The number of carbonyl (C=O) groups excluding carboxylic acids is 1. The molecule has 2 aromatic rings. The summed E-state index contributed by atoms with van der Waals surface area (Å²) >= 11 is 0. The number of fused-ring (bicyclic) bond motifs is 1. The van der Waals surface area contributed by atoms with E-state index in [-0.39, 0.29) is 36.0 Å². The smallest absolute Gasteiger partial charge is 0.330 e. The van der Waals surface area contributed by atoms with Crippen LogP contribution in [0.4, 0.5) is 0 Å². The highest BCUT2D eigenvalue weighted by Crippen LogP contribution is 2.38. The zero-order valence-corrected chi connectivity index (χ0v) is 22.4. The van der Waals surface area contributed by atoms with Gasteiger partial charge >= 0.3 is 5.97 Å². The van der Waals surface area contributed by atoms with Crippen molar-refractivity contribution in [2.75, 3.05) is 13.2 Å². The van der Waals surface area contributed by atoms with Gasteiger partial charge in [0.05, 0.1) is 6.61 Å². The maximum absolute atomic E-state index is 12.4. The minimum Gasteiger partial charge on any atom is -0.504 e. The summed E-state index contributed by atoms with van der Waals surface area (Å²) in [6, 6.07) is 8.11. The highest BCUT2D eigenvalue weighted by Gasteiger charge is 2.58. The van der Waals surface area contributed by atoms with Crippen molar-refractivity contribution in [2.45, 2.75) is 68.0 Å². The number of benzene rings is 2. The van der Waals surface area contributed by atoms with E-state index < -0.39 is 74.2 Å². The van der Waals surface area contributed by atoms with E-state index in [4.69, 9.17) is 28.4 Å². The van der Waals surface area contributed by atoms with Crippen molar-refractivity contribution in [3.8, 4) is 23.0 Å². The number of hydrogen-bond donors (Lipinski definition) is 8. The Balaban J connectivity index is 1.24.